The number of oxazole rings is 1. The first-order chi connectivity index (χ1) is 13.8. The molecule has 0 amide bonds. The van der Waals surface area contributed by atoms with Crippen LogP contribution >= 0.6 is 0 Å². The Morgan fingerprint density at radius 1 is 1.00 bits per heavy atom. The van der Waals surface area contributed by atoms with E-state index in [0.29, 0.717) is 23.8 Å². The molecular formula is C23H25NO4S. The predicted molar refractivity (Wildman–Crippen MR) is 113 cm³/mol. The minimum Gasteiger partial charge on any atom is -0.441 e. The van der Waals surface area contributed by atoms with E-state index in [1.807, 2.05) is 61.5 Å². The van der Waals surface area contributed by atoms with Crippen LogP contribution < -0.4 is 0 Å². The van der Waals surface area contributed by atoms with E-state index >= 15 is 0 Å². The normalized spacial score (nSPS) is 11.5. The lowest BCUT2D eigenvalue weighted by Crippen LogP contribution is -2.18. The molecule has 0 unspecified atom stereocenters. The van der Waals surface area contributed by atoms with E-state index in [2.05, 4.69) is 4.98 Å². The fourth-order valence-corrected chi connectivity index (χ4v) is 4.62. The molecule has 0 atom stereocenters. The van der Waals surface area contributed by atoms with Crippen LogP contribution in [0.5, 0.6) is 0 Å². The van der Waals surface area contributed by atoms with E-state index in [4.69, 9.17) is 4.42 Å². The van der Waals surface area contributed by atoms with Gasteiger partial charge in [0.15, 0.2) is 9.84 Å². The van der Waals surface area contributed by atoms with Gasteiger partial charge in [-0.05, 0) is 43.9 Å². The van der Waals surface area contributed by atoms with Crippen LogP contribution in [0.3, 0.4) is 0 Å². The van der Waals surface area contributed by atoms with Crippen molar-refractivity contribution in [2.24, 2.45) is 0 Å². The zero-order valence-corrected chi connectivity index (χ0v) is 17.5. The third-order valence-corrected chi connectivity index (χ3v) is 6.24. The first kappa shape index (κ1) is 21.0. The third-order valence-electron chi connectivity index (χ3n) is 4.77. The van der Waals surface area contributed by atoms with Crippen LogP contribution in [0, 0.1) is 13.8 Å². The summed E-state index contributed by atoms with van der Waals surface area (Å²) in [5, 5.41) is 0. The van der Waals surface area contributed by atoms with Gasteiger partial charge in [0.25, 0.3) is 0 Å². The Balaban J connectivity index is 1.59. The fourth-order valence-electron chi connectivity index (χ4n) is 3.20. The molecule has 0 aliphatic carbocycles. The number of carbonyl (C=O) groups is 1. The van der Waals surface area contributed by atoms with Crippen LogP contribution in [0.4, 0.5) is 0 Å². The summed E-state index contributed by atoms with van der Waals surface area (Å²) in [4.78, 5) is 16.6. The van der Waals surface area contributed by atoms with Gasteiger partial charge in [0.1, 0.15) is 17.3 Å². The van der Waals surface area contributed by atoms with Gasteiger partial charge in [-0.1, -0.05) is 48.5 Å². The van der Waals surface area contributed by atoms with Gasteiger partial charge in [-0.2, -0.15) is 0 Å². The highest BCUT2D eigenvalue weighted by Gasteiger charge is 2.22. The van der Waals surface area contributed by atoms with Gasteiger partial charge in [0.05, 0.1) is 11.4 Å². The Labute approximate surface area is 171 Å². The molecule has 0 aliphatic rings. The van der Waals surface area contributed by atoms with Crippen molar-refractivity contribution in [1.82, 2.24) is 4.98 Å². The molecule has 152 valence electrons. The lowest BCUT2D eigenvalue weighted by molar-refractivity contribution is -0.116. The molecule has 0 aliphatic heterocycles. The summed E-state index contributed by atoms with van der Waals surface area (Å²) >= 11 is 0. The number of nitrogens with zero attached hydrogens (tertiary/aromatic N) is 1. The molecule has 0 saturated carbocycles. The standard InChI is InChI=1S/C23H25NO4S/c1-17-9-6-7-14-21(17)23-24-22(18(2)28-23)16-29(26,27)15-20(25)13-8-12-19-10-4-3-5-11-19/h3-7,9-11,14H,8,12-13,15-16H2,1-2H3. The summed E-state index contributed by atoms with van der Waals surface area (Å²) in [6, 6.07) is 17.5. The number of ketones is 1. The number of rotatable bonds is 9. The van der Waals surface area contributed by atoms with Gasteiger partial charge in [-0.3, -0.25) is 4.79 Å². The quantitative estimate of drug-likeness (QED) is 0.519. The van der Waals surface area contributed by atoms with Gasteiger partial charge < -0.3 is 4.42 Å². The van der Waals surface area contributed by atoms with Crippen LogP contribution in [0.1, 0.15) is 35.4 Å². The number of sulfone groups is 1. The van der Waals surface area contributed by atoms with Crippen molar-refractivity contribution in [2.45, 2.75) is 38.9 Å². The van der Waals surface area contributed by atoms with Crippen molar-refractivity contribution < 1.29 is 17.6 Å². The van der Waals surface area contributed by atoms with Crippen LogP contribution in [-0.2, 0) is 26.8 Å². The molecule has 5 nitrogen and oxygen atoms in total. The molecule has 0 radical (unpaired) electrons. The van der Waals surface area contributed by atoms with Crippen molar-refractivity contribution in [3.63, 3.8) is 0 Å². The summed E-state index contributed by atoms with van der Waals surface area (Å²) < 4.78 is 30.7. The highest BCUT2D eigenvalue weighted by Crippen LogP contribution is 2.25. The summed E-state index contributed by atoms with van der Waals surface area (Å²) in [7, 11) is -3.60. The zero-order chi connectivity index (χ0) is 20.9. The van der Waals surface area contributed by atoms with Gasteiger partial charge in [-0.25, -0.2) is 13.4 Å². The number of hydrogen-bond acceptors (Lipinski definition) is 5. The molecule has 0 spiro atoms. The van der Waals surface area contributed by atoms with Gasteiger partial charge in [0.2, 0.25) is 5.89 Å². The highest BCUT2D eigenvalue weighted by molar-refractivity contribution is 7.91. The molecular weight excluding hydrogens is 386 g/mol. The number of aromatic nitrogens is 1. The van der Waals surface area contributed by atoms with Crippen molar-refractivity contribution in [3.8, 4) is 11.5 Å². The van der Waals surface area contributed by atoms with E-state index in [9.17, 15) is 13.2 Å². The lowest BCUT2D eigenvalue weighted by atomic mass is 10.1. The predicted octanol–water partition coefficient (Wildman–Crippen LogP) is 4.47. The number of Topliss-reactive ketones (excluding diaryl/α,β-unsaturated/α-hetero) is 1. The maximum Gasteiger partial charge on any atom is 0.226 e. The molecule has 1 heterocycles. The second-order valence-electron chi connectivity index (χ2n) is 7.25. The first-order valence-corrected chi connectivity index (χ1v) is 11.4. The highest BCUT2D eigenvalue weighted by atomic mass is 32.2. The lowest BCUT2D eigenvalue weighted by Gasteiger charge is -2.03. The average molecular weight is 412 g/mol. The van der Waals surface area contributed by atoms with Crippen LogP contribution in [0.25, 0.3) is 11.5 Å². The topological polar surface area (TPSA) is 77.2 Å². The summed E-state index contributed by atoms with van der Waals surface area (Å²) in [6.07, 6.45) is 1.65. The summed E-state index contributed by atoms with van der Waals surface area (Å²) in [5.74, 6) is -0.156. The molecule has 0 bridgehead atoms. The molecule has 3 aromatic rings. The van der Waals surface area contributed by atoms with Gasteiger partial charge >= 0.3 is 0 Å². The summed E-state index contributed by atoms with van der Waals surface area (Å²) in [5.41, 5.74) is 3.33. The Hall–Kier alpha value is -2.73. The molecule has 6 heteroatoms. The average Bonchev–Trinajstić information content (AvgIpc) is 3.02. The maximum absolute atomic E-state index is 12.5. The monoisotopic (exact) mass is 411 g/mol. The van der Waals surface area contributed by atoms with Crippen molar-refractivity contribution in [1.29, 1.82) is 0 Å². The first-order valence-electron chi connectivity index (χ1n) is 9.62. The smallest absolute Gasteiger partial charge is 0.226 e. The van der Waals surface area contributed by atoms with E-state index in [-0.39, 0.29) is 18.0 Å². The van der Waals surface area contributed by atoms with Crippen molar-refractivity contribution in [2.75, 3.05) is 5.75 Å². The minimum absolute atomic E-state index is 0.250. The minimum atomic E-state index is -3.60. The molecule has 1 aromatic heterocycles. The second-order valence-corrected chi connectivity index (χ2v) is 9.31. The third kappa shape index (κ3) is 5.87. The Bertz CT molecular complexity index is 1090. The van der Waals surface area contributed by atoms with E-state index in [1.165, 1.54) is 0 Å². The Morgan fingerprint density at radius 2 is 1.69 bits per heavy atom. The molecule has 0 saturated heterocycles. The number of hydrogen-bond donors (Lipinski definition) is 0. The fraction of sp³-hybridized carbons (Fsp3) is 0.304. The Morgan fingerprint density at radius 3 is 2.41 bits per heavy atom. The largest absolute Gasteiger partial charge is 0.441 e. The Kier molecular flexibility index (Phi) is 6.64. The summed E-state index contributed by atoms with van der Waals surface area (Å²) in [6.45, 7) is 3.64. The zero-order valence-electron chi connectivity index (χ0n) is 16.7. The van der Waals surface area contributed by atoms with Crippen LogP contribution in [-0.4, -0.2) is 24.9 Å². The van der Waals surface area contributed by atoms with Gasteiger partial charge in [-0.15, -0.1) is 0 Å². The number of carbonyl (C=O) groups excluding carboxylic acids is 1. The molecule has 0 fully saturated rings. The number of aryl methyl sites for hydroxylation is 3. The molecule has 29 heavy (non-hydrogen) atoms. The van der Waals surface area contributed by atoms with Gasteiger partial charge in [0, 0.05) is 12.0 Å². The molecule has 3 rings (SSSR count). The SMILES string of the molecule is Cc1ccccc1-c1nc(CS(=O)(=O)CC(=O)CCCc2ccccc2)c(C)o1. The van der Waals surface area contributed by atoms with E-state index in [1.54, 1.807) is 6.92 Å². The van der Waals surface area contributed by atoms with Crippen LogP contribution in [0.2, 0.25) is 0 Å². The molecule has 0 N–H and O–H groups in total. The van der Waals surface area contributed by atoms with E-state index < -0.39 is 15.6 Å². The van der Waals surface area contributed by atoms with Crippen molar-refractivity contribution in [3.05, 3.63) is 77.2 Å². The molecule has 2 aromatic carbocycles. The van der Waals surface area contributed by atoms with Crippen LogP contribution in [0.15, 0.2) is 59.0 Å². The second kappa shape index (κ2) is 9.18. The van der Waals surface area contributed by atoms with E-state index in [0.717, 1.165) is 23.1 Å². The van der Waals surface area contributed by atoms with Crippen molar-refractivity contribution >= 4 is 15.6 Å². The maximum atomic E-state index is 12.5. The number of benzene rings is 2.